The summed E-state index contributed by atoms with van der Waals surface area (Å²) in [7, 11) is 0. The Morgan fingerprint density at radius 1 is 0.661 bits per heavy atom. The number of rotatable bonds is 7. The Morgan fingerprint density at radius 3 is 2.19 bits per heavy atom. The number of fused-ring (bicyclic) bond motifs is 7. The van der Waals surface area contributed by atoms with Crippen molar-refractivity contribution < 1.29 is 4.74 Å². The molecule has 3 aliphatic heterocycles. The average Bonchev–Trinajstić information content (AvgIpc) is 3.71. The maximum absolute atomic E-state index is 7.21. The van der Waals surface area contributed by atoms with Crippen LogP contribution in [-0.2, 0) is 0 Å². The van der Waals surface area contributed by atoms with E-state index in [0.717, 1.165) is 64.0 Å². The molecule has 0 N–H and O–H groups in total. The molecule has 4 nitrogen and oxygen atoms in total. The second kappa shape index (κ2) is 14.9. The molecule has 0 radical (unpaired) electrons. The zero-order valence-electron chi connectivity index (χ0n) is 34.8. The third-order valence-corrected chi connectivity index (χ3v) is 14.5. The molecule has 3 heterocycles. The van der Waals surface area contributed by atoms with Crippen molar-refractivity contribution in [2.24, 2.45) is 0 Å². The summed E-state index contributed by atoms with van der Waals surface area (Å²) in [5.41, 5.74) is 17.8. The van der Waals surface area contributed by atoms with Gasteiger partial charge >= 0.3 is 0 Å². The zero-order valence-corrected chi connectivity index (χ0v) is 35.6. The van der Waals surface area contributed by atoms with Crippen LogP contribution in [0.5, 0.6) is 11.5 Å². The fraction of sp³-hybridized carbons (Fsp3) is 0.107. The largest absolute Gasteiger partial charge is 0.458 e. The maximum atomic E-state index is 7.21. The van der Waals surface area contributed by atoms with Gasteiger partial charge in [-0.25, -0.2) is 0 Å². The number of hydrogen-bond acceptors (Lipinski definition) is 5. The van der Waals surface area contributed by atoms with Gasteiger partial charge < -0.3 is 19.4 Å². The van der Waals surface area contributed by atoms with Gasteiger partial charge in [-0.1, -0.05) is 115 Å². The van der Waals surface area contributed by atoms with Crippen LogP contribution in [0, 0.1) is 13.8 Å². The van der Waals surface area contributed by atoms with Crippen LogP contribution in [0.2, 0.25) is 0 Å². The van der Waals surface area contributed by atoms with Crippen molar-refractivity contribution >= 4 is 74.7 Å². The maximum Gasteiger partial charge on any atom is 0.256 e. The lowest BCUT2D eigenvalue weighted by molar-refractivity contribution is 0.484. The summed E-state index contributed by atoms with van der Waals surface area (Å²) in [4.78, 5) is 8.68. The van der Waals surface area contributed by atoms with E-state index in [9.17, 15) is 0 Å². The van der Waals surface area contributed by atoms with Gasteiger partial charge in [-0.2, -0.15) is 0 Å². The molecule has 6 heteroatoms. The number of benzene rings is 7. The van der Waals surface area contributed by atoms with Crippen LogP contribution in [0.1, 0.15) is 35.4 Å². The summed E-state index contributed by atoms with van der Waals surface area (Å²) in [6, 6.07) is 58.0. The molecule has 7 aromatic rings. The Labute approximate surface area is 368 Å². The van der Waals surface area contributed by atoms with Crippen molar-refractivity contribution in [2.45, 2.75) is 42.8 Å². The van der Waals surface area contributed by atoms with Gasteiger partial charge in [0.25, 0.3) is 6.71 Å². The van der Waals surface area contributed by atoms with Crippen LogP contribution in [0.3, 0.4) is 0 Å². The summed E-state index contributed by atoms with van der Waals surface area (Å²) >= 11 is 1.98. The van der Waals surface area contributed by atoms with Crippen LogP contribution in [0.4, 0.5) is 39.8 Å². The van der Waals surface area contributed by atoms with Crippen molar-refractivity contribution in [3.8, 4) is 11.5 Å². The molecule has 7 aromatic carbocycles. The molecule has 12 rings (SSSR count). The highest BCUT2D eigenvalue weighted by atomic mass is 32.2. The first-order valence-electron chi connectivity index (χ1n) is 21.8. The molecular formula is C56H44BN3OS. The predicted molar refractivity (Wildman–Crippen MR) is 261 cm³/mol. The van der Waals surface area contributed by atoms with Crippen molar-refractivity contribution in [2.75, 3.05) is 14.7 Å². The molecule has 2 unspecified atom stereocenters. The fourth-order valence-corrected chi connectivity index (χ4v) is 11.6. The van der Waals surface area contributed by atoms with E-state index in [4.69, 9.17) is 4.74 Å². The number of nitrogens with zero attached hydrogens (tertiary/aromatic N) is 3. The Hall–Kier alpha value is -6.89. The molecule has 0 amide bonds. The number of ether oxygens (including phenoxy) is 1. The number of anilines is 7. The Kier molecular flexibility index (Phi) is 8.89. The molecule has 2 atom stereocenters. The number of aryl methyl sites for hydroxylation is 2. The normalized spacial score (nSPS) is 17.5. The first-order valence-corrected chi connectivity index (χ1v) is 22.6. The van der Waals surface area contributed by atoms with E-state index in [1.54, 1.807) is 0 Å². The van der Waals surface area contributed by atoms with Crippen molar-refractivity contribution in [1.82, 2.24) is 0 Å². The third kappa shape index (κ3) is 6.00. The molecule has 0 saturated carbocycles. The number of allylic oxidation sites excluding steroid dienone is 6. The lowest BCUT2D eigenvalue weighted by Gasteiger charge is -2.41. The van der Waals surface area contributed by atoms with Crippen LogP contribution >= 0.6 is 11.8 Å². The van der Waals surface area contributed by atoms with E-state index in [1.165, 1.54) is 49.5 Å². The van der Waals surface area contributed by atoms with Gasteiger partial charge in [0.2, 0.25) is 0 Å². The molecule has 0 saturated heterocycles. The van der Waals surface area contributed by atoms with Crippen LogP contribution < -0.4 is 35.8 Å². The SMILES string of the molecule is Cc1ccc(N(C2=CC=CC3c4ccccc4SC23)c2ccc3c(c2)Oc2c(C)ccc4c2B3c2ccc(N(C3=CCCC=C3)c3ccccc3)cc2N4c2ccccc2)cc1. The van der Waals surface area contributed by atoms with Crippen LogP contribution in [0.25, 0.3) is 0 Å². The second-order valence-electron chi connectivity index (χ2n) is 16.8. The third-order valence-electron chi connectivity index (χ3n) is 13.0. The summed E-state index contributed by atoms with van der Waals surface area (Å²) < 4.78 is 7.21. The second-order valence-corrected chi connectivity index (χ2v) is 18.0. The summed E-state index contributed by atoms with van der Waals surface area (Å²) in [5, 5.41) is 0.250. The molecule has 0 aromatic heterocycles. The minimum atomic E-state index is -0.0328. The lowest BCUT2D eigenvalue weighted by Crippen LogP contribution is -2.59. The molecule has 5 aliphatic rings. The van der Waals surface area contributed by atoms with Crippen LogP contribution in [0.15, 0.2) is 210 Å². The smallest absolute Gasteiger partial charge is 0.256 e. The van der Waals surface area contributed by atoms with E-state index in [0.29, 0.717) is 5.92 Å². The minimum Gasteiger partial charge on any atom is -0.458 e. The number of para-hydroxylation sites is 2. The van der Waals surface area contributed by atoms with E-state index < -0.39 is 0 Å². The van der Waals surface area contributed by atoms with Gasteiger partial charge in [0, 0.05) is 68.1 Å². The average molecular weight is 818 g/mol. The molecule has 0 fully saturated rings. The Morgan fingerprint density at radius 2 is 1.39 bits per heavy atom. The monoisotopic (exact) mass is 817 g/mol. The van der Waals surface area contributed by atoms with Crippen LogP contribution in [-0.4, -0.2) is 12.0 Å². The van der Waals surface area contributed by atoms with Gasteiger partial charge in [0.15, 0.2) is 0 Å². The van der Waals surface area contributed by atoms with Gasteiger partial charge in [0.1, 0.15) is 11.5 Å². The lowest BCUT2D eigenvalue weighted by atomic mass is 9.34. The van der Waals surface area contributed by atoms with Crippen molar-refractivity contribution in [3.63, 3.8) is 0 Å². The van der Waals surface area contributed by atoms with E-state index >= 15 is 0 Å². The van der Waals surface area contributed by atoms with Gasteiger partial charge in [-0.3, -0.25) is 0 Å². The summed E-state index contributed by atoms with van der Waals surface area (Å²) in [6.07, 6.45) is 16.0. The summed E-state index contributed by atoms with van der Waals surface area (Å²) in [6.45, 7) is 4.31. The van der Waals surface area contributed by atoms with Crippen molar-refractivity contribution in [1.29, 1.82) is 0 Å². The zero-order chi connectivity index (χ0) is 41.3. The molecule has 62 heavy (non-hydrogen) atoms. The summed E-state index contributed by atoms with van der Waals surface area (Å²) in [5.74, 6) is 2.15. The highest BCUT2D eigenvalue weighted by Crippen LogP contribution is 2.53. The highest BCUT2D eigenvalue weighted by molar-refractivity contribution is 8.00. The molecule has 0 spiro atoms. The standard InChI is InChI=1S/C56H44BN3OS/c1-37-25-28-42(29-26-37)59(50-23-14-22-46-45-21-12-13-24-53(45)62-56(46)50)44-31-33-48-52(36-44)61-55-38(2)27-34-49-54(55)57(48)47-32-30-43(35-51(47)60(49)41-19-10-5-11-20-41)58(39-15-6-3-7-16-39)40-17-8-4-9-18-40/h3,5-8,10-36,46,56H,4,9H2,1-2H3. The molecule has 0 bridgehead atoms. The first kappa shape index (κ1) is 36.9. The first-order chi connectivity index (χ1) is 30.6. The van der Waals surface area contributed by atoms with Crippen molar-refractivity contribution in [3.05, 3.63) is 222 Å². The Bertz CT molecular complexity index is 3030. The van der Waals surface area contributed by atoms with Gasteiger partial charge in [-0.05, 0) is 133 Å². The van der Waals surface area contributed by atoms with Gasteiger partial charge in [-0.15, -0.1) is 11.8 Å². The number of hydrogen-bond donors (Lipinski definition) is 0. The molecule has 2 aliphatic carbocycles. The quantitative estimate of drug-likeness (QED) is 0.149. The molecule has 298 valence electrons. The number of thioether (sulfide) groups is 1. The predicted octanol–water partition coefficient (Wildman–Crippen LogP) is 12.9. The van der Waals surface area contributed by atoms with E-state index in [1.807, 2.05) is 11.8 Å². The topological polar surface area (TPSA) is 19.0 Å². The molecular weight excluding hydrogens is 774 g/mol. The van der Waals surface area contributed by atoms with E-state index in [-0.39, 0.29) is 12.0 Å². The Balaban J connectivity index is 1.03. The fourth-order valence-electron chi connectivity index (χ4n) is 10.2. The minimum absolute atomic E-state index is 0.0328. The van der Waals surface area contributed by atoms with E-state index in [2.05, 4.69) is 223 Å². The highest BCUT2D eigenvalue weighted by Gasteiger charge is 2.44. The van der Waals surface area contributed by atoms with Gasteiger partial charge in [0.05, 0.1) is 5.25 Å².